The van der Waals surface area contributed by atoms with Crippen LogP contribution in [0.15, 0.2) is 18.2 Å². The molecule has 3 aromatic rings. The first-order valence-corrected chi connectivity index (χ1v) is 11.1. The second kappa shape index (κ2) is 10.4. The van der Waals surface area contributed by atoms with E-state index in [1.54, 1.807) is 22.7 Å². The van der Waals surface area contributed by atoms with Crippen LogP contribution in [0.5, 0.6) is 0 Å². The van der Waals surface area contributed by atoms with E-state index in [-0.39, 0.29) is 12.0 Å². The van der Waals surface area contributed by atoms with Gasteiger partial charge in [-0.25, -0.2) is 9.50 Å². The highest BCUT2D eigenvalue weighted by atomic mass is 35.5. The van der Waals surface area contributed by atoms with Crippen molar-refractivity contribution in [2.75, 3.05) is 13.2 Å². The van der Waals surface area contributed by atoms with E-state index in [0.29, 0.717) is 53.2 Å². The Morgan fingerprint density at radius 3 is 2.71 bits per heavy atom. The van der Waals surface area contributed by atoms with Gasteiger partial charge in [0.05, 0.1) is 11.1 Å². The van der Waals surface area contributed by atoms with Gasteiger partial charge in [-0.2, -0.15) is 4.98 Å². The van der Waals surface area contributed by atoms with Gasteiger partial charge in [0.25, 0.3) is 5.78 Å². The number of aromatic nitrogens is 4. The normalized spacial score (nSPS) is 11.5. The molecule has 0 bridgehead atoms. The summed E-state index contributed by atoms with van der Waals surface area (Å²) < 4.78 is 7.18. The minimum absolute atomic E-state index is 0.00988. The molecule has 0 unspecified atom stereocenters. The lowest BCUT2D eigenvalue weighted by molar-refractivity contribution is -0.121. The number of halogens is 2. The Kier molecular flexibility index (Phi) is 7.86. The second-order valence-corrected chi connectivity index (χ2v) is 8.50. The molecular formula is C22H27Cl2N5O2. The second-order valence-electron chi connectivity index (χ2n) is 7.66. The molecule has 0 saturated heterocycles. The highest BCUT2D eigenvalue weighted by Gasteiger charge is 2.17. The van der Waals surface area contributed by atoms with Crippen molar-refractivity contribution in [3.63, 3.8) is 0 Å². The minimum Gasteiger partial charge on any atom is -0.379 e. The molecule has 2 aromatic heterocycles. The molecule has 0 radical (unpaired) electrons. The third kappa shape index (κ3) is 5.93. The zero-order valence-electron chi connectivity index (χ0n) is 18.2. The quantitative estimate of drug-likeness (QED) is 0.469. The summed E-state index contributed by atoms with van der Waals surface area (Å²) in [5.41, 5.74) is 3.43. The maximum Gasteiger partial charge on any atom is 0.253 e. The molecule has 0 spiro atoms. The lowest BCUT2D eigenvalue weighted by Crippen LogP contribution is -2.26. The summed E-state index contributed by atoms with van der Waals surface area (Å²) in [4.78, 5) is 21.3. The number of ether oxygens (including phenoxy) is 1. The van der Waals surface area contributed by atoms with Gasteiger partial charge >= 0.3 is 0 Å². The highest BCUT2D eigenvalue weighted by Crippen LogP contribution is 2.29. The lowest BCUT2D eigenvalue weighted by atomic mass is 10.1. The number of carbonyl (C=O) groups excluding carboxylic acids is 1. The Bertz CT molecular complexity index is 1080. The Hall–Kier alpha value is -2.22. The van der Waals surface area contributed by atoms with Crippen LogP contribution in [-0.4, -0.2) is 44.7 Å². The summed E-state index contributed by atoms with van der Waals surface area (Å²) in [6.07, 6.45) is 1.96. The number of benzene rings is 1. The highest BCUT2D eigenvalue weighted by molar-refractivity contribution is 6.36. The van der Waals surface area contributed by atoms with Crippen molar-refractivity contribution in [3.8, 4) is 11.4 Å². The van der Waals surface area contributed by atoms with Crippen molar-refractivity contribution in [3.05, 3.63) is 45.2 Å². The molecular weight excluding hydrogens is 437 g/mol. The molecule has 0 saturated carbocycles. The van der Waals surface area contributed by atoms with Crippen LogP contribution in [0.1, 0.15) is 43.6 Å². The molecule has 1 amide bonds. The number of aryl methyl sites for hydroxylation is 2. The maximum atomic E-state index is 12.2. The average Bonchev–Trinajstić information content (AvgIpc) is 3.11. The first kappa shape index (κ1) is 23.4. The van der Waals surface area contributed by atoms with Gasteiger partial charge in [-0.3, -0.25) is 4.79 Å². The fourth-order valence-corrected chi connectivity index (χ4v) is 3.79. The van der Waals surface area contributed by atoms with Gasteiger partial charge in [-0.1, -0.05) is 23.2 Å². The zero-order chi connectivity index (χ0) is 22.5. The first-order chi connectivity index (χ1) is 14.8. The molecule has 166 valence electrons. The molecule has 0 aliphatic rings. The molecule has 0 aliphatic heterocycles. The average molecular weight is 464 g/mol. The van der Waals surface area contributed by atoms with Gasteiger partial charge in [0.1, 0.15) is 0 Å². The van der Waals surface area contributed by atoms with E-state index < -0.39 is 0 Å². The maximum absolute atomic E-state index is 12.2. The molecule has 0 aliphatic carbocycles. The zero-order valence-corrected chi connectivity index (χ0v) is 19.7. The van der Waals surface area contributed by atoms with E-state index in [4.69, 9.17) is 27.9 Å². The van der Waals surface area contributed by atoms with Crippen molar-refractivity contribution in [2.45, 2.75) is 53.1 Å². The monoisotopic (exact) mass is 463 g/mol. The first-order valence-electron chi connectivity index (χ1n) is 10.3. The van der Waals surface area contributed by atoms with Crippen LogP contribution in [0, 0.1) is 13.8 Å². The van der Waals surface area contributed by atoms with Crippen molar-refractivity contribution in [1.82, 2.24) is 24.9 Å². The van der Waals surface area contributed by atoms with Crippen LogP contribution < -0.4 is 5.32 Å². The van der Waals surface area contributed by atoms with Crippen LogP contribution >= 0.6 is 23.2 Å². The number of carbonyl (C=O) groups is 1. The SMILES string of the molecule is Cc1nc2nc(-c3ccc(Cl)cc3Cl)nn2c(C)c1CCC(=O)NCCCOC(C)C. The number of hydrogen-bond acceptors (Lipinski definition) is 5. The molecule has 7 nitrogen and oxygen atoms in total. The smallest absolute Gasteiger partial charge is 0.253 e. The van der Waals surface area contributed by atoms with Crippen molar-refractivity contribution in [1.29, 1.82) is 0 Å². The number of amides is 1. The molecule has 0 atom stereocenters. The van der Waals surface area contributed by atoms with Crippen molar-refractivity contribution >= 4 is 34.9 Å². The van der Waals surface area contributed by atoms with Gasteiger partial charge in [-0.05, 0) is 64.3 Å². The van der Waals surface area contributed by atoms with E-state index in [9.17, 15) is 4.79 Å². The summed E-state index contributed by atoms with van der Waals surface area (Å²) in [6, 6.07) is 5.20. The summed E-state index contributed by atoms with van der Waals surface area (Å²) >= 11 is 12.3. The van der Waals surface area contributed by atoms with Gasteiger partial charge in [0.2, 0.25) is 5.91 Å². The molecule has 1 aromatic carbocycles. The molecule has 1 N–H and O–H groups in total. The fraction of sp³-hybridized carbons (Fsp3) is 0.455. The third-order valence-electron chi connectivity index (χ3n) is 4.92. The number of fused-ring (bicyclic) bond motifs is 1. The predicted molar refractivity (Wildman–Crippen MR) is 123 cm³/mol. The largest absolute Gasteiger partial charge is 0.379 e. The number of rotatable bonds is 9. The molecule has 0 fully saturated rings. The van der Waals surface area contributed by atoms with Gasteiger partial charge in [0, 0.05) is 41.5 Å². The van der Waals surface area contributed by atoms with E-state index in [0.717, 1.165) is 23.4 Å². The van der Waals surface area contributed by atoms with Crippen LogP contribution in [0.2, 0.25) is 10.0 Å². The summed E-state index contributed by atoms with van der Waals surface area (Å²) in [5, 5.41) is 8.56. The Labute approximate surface area is 192 Å². The van der Waals surface area contributed by atoms with E-state index >= 15 is 0 Å². The number of nitrogens with zero attached hydrogens (tertiary/aromatic N) is 4. The molecule has 31 heavy (non-hydrogen) atoms. The Morgan fingerprint density at radius 1 is 1.23 bits per heavy atom. The van der Waals surface area contributed by atoms with Crippen LogP contribution in [0.25, 0.3) is 17.2 Å². The molecule has 9 heteroatoms. The minimum atomic E-state index is 0.00988. The Balaban J connectivity index is 1.70. The summed E-state index contributed by atoms with van der Waals surface area (Å²) in [7, 11) is 0. The molecule has 2 heterocycles. The van der Waals surface area contributed by atoms with E-state index in [1.165, 1.54) is 0 Å². The van der Waals surface area contributed by atoms with Gasteiger partial charge in [0.15, 0.2) is 5.82 Å². The standard InChI is InChI=1S/C22H27Cl2N5O2/c1-13(2)31-11-5-10-25-20(30)9-8-17-14(3)26-22-27-21(28-29(22)15(17)4)18-7-6-16(23)12-19(18)24/h6-7,12-13H,5,8-11H2,1-4H3,(H,25,30). The van der Waals surface area contributed by atoms with Crippen LogP contribution in [0.3, 0.4) is 0 Å². The third-order valence-corrected chi connectivity index (χ3v) is 5.47. The van der Waals surface area contributed by atoms with Crippen molar-refractivity contribution < 1.29 is 9.53 Å². The molecule has 3 rings (SSSR count). The van der Waals surface area contributed by atoms with Crippen LogP contribution in [0.4, 0.5) is 0 Å². The Morgan fingerprint density at radius 2 is 2.00 bits per heavy atom. The topological polar surface area (TPSA) is 81.4 Å². The number of hydrogen-bond donors (Lipinski definition) is 1. The summed E-state index contributed by atoms with van der Waals surface area (Å²) in [6.45, 7) is 9.12. The number of nitrogens with one attached hydrogen (secondary N) is 1. The van der Waals surface area contributed by atoms with E-state index in [1.807, 2.05) is 27.7 Å². The van der Waals surface area contributed by atoms with Crippen molar-refractivity contribution in [2.24, 2.45) is 0 Å². The predicted octanol–water partition coefficient (Wildman–Crippen LogP) is 4.58. The fourth-order valence-electron chi connectivity index (χ4n) is 3.30. The van der Waals surface area contributed by atoms with E-state index in [2.05, 4.69) is 20.4 Å². The summed E-state index contributed by atoms with van der Waals surface area (Å²) in [5.74, 6) is 0.986. The van der Waals surface area contributed by atoms with Gasteiger partial charge in [-0.15, -0.1) is 5.10 Å². The van der Waals surface area contributed by atoms with Crippen LogP contribution in [-0.2, 0) is 16.0 Å². The lowest BCUT2D eigenvalue weighted by Gasteiger charge is -2.11. The van der Waals surface area contributed by atoms with Gasteiger partial charge < -0.3 is 10.1 Å².